The quantitative estimate of drug-likeness (QED) is 0.229. The summed E-state index contributed by atoms with van der Waals surface area (Å²) >= 11 is 0. The van der Waals surface area contributed by atoms with E-state index in [0.717, 1.165) is 4.90 Å². The SMILES string of the molecule is O=C(CCCOC(=O)c1ccc2c(c1)C(=O)N(Cc1ccco1)C2=O)c1ccc(F)cc1. The highest BCUT2D eigenvalue weighted by Gasteiger charge is 2.36. The fraction of sp³-hybridized carbons (Fsp3) is 0.167. The second-order valence-electron chi connectivity index (χ2n) is 7.21. The molecule has 8 heteroatoms. The number of halogens is 1. The van der Waals surface area contributed by atoms with Crippen molar-refractivity contribution in [3.05, 3.63) is 94.7 Å². The van der Waals surface area contributed by atoms with Crippen LogP contribution in [0.25, 0.3) is 0 Å². The molecule has 2 aromatic carbocycles. The smallest absolute Gasteiger partial charge is 0.338 e. The van der Waals surface area contributed by atoms with E-state index in [1.807, 2.05) is 0 Å². The Morgan fingerprint density at radius 3 is 2.38 bits per heavy atom. The lowest BCUT2D eigenvalue weighted by atomic mass is 10.1. The standard InChI is InChI=1S/C24H18FNO6/c25-17-8-5-15(6-9-17)21(27)4-2-12-32-24(30)16-7-10-19-20(13-16)23(29)26(22(19)28)14-18-3-1-11-31-18/h1,3,5-11,13H,2,4,12,14H2. The first-order chi connectivity index (χ1) is 15.4. The Labute approximate surface area is 182 Å². The molecular formula is C24H18FNO6. The van der Waals surface area contributed by atoms with Crippen molar-refractivity contribution in [1.29, 1.82) is 0 Å². The van der Waals surface area contributed by atoms with Gasteiger partial charge in [-0.15, -0.1) is 0 Å². The fourth-order valence-corrected chi connectivity index (χ4v) is 3.38. The molecule has 162 valence electrons. The summed E-state index contributed by atoms with van der Waals surface area (Å²) in [7, 11) is 0. The number of carbonyl (C=O) groups excluding carboxylic acids is 4. The minimum atomic E-state index is -0.660. The van der Waals surface area contributed by atoms with Crippen LogP contribution in [0.1, 0.15) is 60.0 Å². The monoisotopic (exact) mass is 435 g/mol. The molecule has 0 radical (unpaired) electrons. The number of imide groups is 1. The van der Waals surface area contributed by atoms with Gasteiger partial charge in [0.15, 0.2) is 5.78 Å². The van der Waals surface area contributed by atoms with Gasteiger partial charge in [-0.2, -0.15) is 0 Å². The number of carbonyl (C=O) groups is 4. The predicted molar refractivity (Wildman–Crippen MR) is 110 cm³/mol. The van der Waals surface area contributed by atoms with E-state index < -0.39 is 23.6 Å². The second-order valence-corrected chi connectivity index (χ2v) is 7.21. The molecule has 2 heterocycles. The number of furan rings is 1. The van der Waals surface area contributed by atoms with Crippen LogP contribution in [0.15, 0.2) is 65.3 Å². The third kappa shape index (κ3) is 4.34. The van der Waals surface area contributed by atoms with E-state index in [1.165, 1.54) is 48.7 Å². The van der Waals surface area contributed by atoms with Crippen molar-refractivity contribution < 1.29 is 32.7 Å². The van der Waals surface area contributed by atoms with E-state index in [1.54, 1.807) is 12.1 Å². The molecule has 0 bridgehead atoms. The van der Waals surface area contributed by atoms with Crippen LogP contribution in [-0.2, 0) is 11.3 Å². The zero-order chi connectivity index (χ0) is 22.7. The Kier molecular flexibility index (Phi) is 5.93. The van der Waals surface area contributed by atoms with Crippen molar-refractivity contribution in [2.75, 3.05) is 6.61 Å². The van der Waals surface area contributed by atoms with E-state index in [-0.39, 0.29) is 42.0 Å². The van der Waals surface area contributed by atoms with E-state index in [4.69, 9.17) is 9.15 Å². The topological polar surface area (TPSA) is 93.9 Å². The summed E-state index contributed by atoms with van der Waals surface area (Å²) < 4.78 is 23.3. The highest BCUT2D eigenvalue weighted by molar-refractivity contribution is 6.21. The number of ketones is 1. The van der Waals surface area contributed by atoms with Crippen molar-refractivity contribution in [3.63, 3.8) is 0 Å². The lowest BCUT2D eigenvalue weighted by Gasteiger charge is -2.11. The van der Waals surface area contributed by atoms with E-state index in [0.29, 0.717) is 17.7 Å². The van der Waals surface area contributed by atoms with Gasteiger partial charge in [-0.25, -0.2) is 9.18 Å². The molecule has 0 fully saturated rings. The molecule has 1 aliphatic rings. The predicted octanol–water partition coefficient (Wildman–Crippen LogP) is 4.03. The third-order valence-electron chi connectivity index (χ3n) is 5.05. The molecule has 0 spiro atoms. The molecule has 1 aromatic heterocycles. The van der Waals surface area contributed by atoms with Crippen LogP contribution in [-0.4, -0.2) is 35.1 Å². The van der Waals surface area contributed by atoms with Crippen molar-refractivity contribution in [3.8, 4) is 0 Å². The Morgan fingerprint density at radius 2 is 1.66 bits per heavy atom. The van der Waals surface area contributed by atoms with E-state index >= 15 is 0 Å². The first-order valence-electron chi connectivity index (χ1n) is 9.92. The van der Waals surface area contributed by atoms with Crippen molar-refractivity contribution in [2.24, 2.45) is 0 Å². The van der Waals surface area contributed by atoms with Crippen LogP contribution in [0.2, 0.25) is 0 Å². The molecule has 7 nitrogen and oxygen atoms in total. The average molecular weight is 435 g/mol. The highest BCUT2D eigenvalue weighted by atomic mass is 19.1. The number of esters is 1. The van der Waals surface area contributed by atoms with Crippen LogP contribution in [0.4, 0.5) is 4.39 Å². The van der Waals surface area contributed by atoms with Gasteiger partial charge in [0.05, 0.1) is 36.1 Å². The molecule has 4 rings (SSSR count). The van der Waals surface area contributed by atoms with Gasteiger partial charge in [-0.3, -0.25) is 19.3 Å². The Hall–Kier alpha value is -4.07. The van der Waals surface area contributed by atoms with Gasteiger partial charge >= 0.3 is 5.97 Å². The maximum absolute atomic E-state index is 12.9. The summed E-state index contributed by atoms with van der Waals surface area (Å²) in [5.74, 6) is -1.77. The molecule has 0 atom stereocenters. The minimum Gasteiger partial charge on any atom is -0.467 e. The van der Waals surface area contributed by atoms with Gasteiger partial charge in [0.25, 0.3) is 11.8 Å². The molecule has 0 saturated carbocycles. The van der Waals surface area contributed by atoms with Crippen LogP contribution < -0.4 is 0 Å². The van der Waals surface area contributed by atoms with Gasteiger partial charge in [-0.1, -0.05) is 0 Å². The maximum Gasteiger partial charge on any atom is 0.338 e. The Morgan fingerprint density at radius 1 is 0.938 bits per heavy atom. The number of hydrogen-bond donors (Lipinski definition) is 0. The molecule has 0 N–H and O–H groups in total. The largest absolute Gasteiger partial charge is 0.467 e. The zero-order valence-electron chi connectivity index (χ0n) is 16.9. The van der Waals surface area contributed by atoms with E-state index in [9.17, 15) is 23.6 Å². The number of benzene rings is 2. The van der Waals surface area contributed by atoms with Crippen LogP contribution >= 0.6 is 0 Å². The first kappa shape index (κ1) is 21.2. The number of amides is 2. The average Bonchev–Trinajstić information content (AvgIpc) is 3.39. The van der Waals surface area contributed by atoms with Crippen molar-refractivity contribution >= 4 is 23.6 Å². The van der Waals surface area contributed by atoms with Crippen LogP contribution in [0, 0.1) is 5.82 Å². The van der Waals surface area contributed by atoms with Gasteiger partial charge in [0.2, 0.25) is 0 Å². The summed E-state index contributed by atoms with van der Waals surface area (Å²) in [4.78, 5) is 50.6. The van der Waals surface area contributed by atoms with Crippen LogP contribution in [0.5, 0.6) is 0 Å². The number of fused-ring (bicyclic) bond motifs is 1. The number of Topliss-reactive ketones (excluding diaryl/α,β-unsaturated/α-hetero) is 1. The number of rotatable bonds is 8. The number of ether oxygens (including phenoxy) is 1. The third-order valence-corrected chi connectivity index (χ3v) is 5.05. The summed E-state index contributed by atoms with van der Waals surface area (Å²) in [6.07, 6.45) is 1.88. The van der Waals surface area contributed by atoms with Gasteiger partial charge in [-0.05, 0) is 61.0 Å². The van der Waals surface area contributed by atoms with Crippen molar-refractivity contribution in [1.82, 2.24) is 4.90 Å². The lowest BCUT2D eigenvalue weighted by Crippen LogP contribution is -2.28. The summed E-state index contributed by atoms with van der Waals surface area (Å²) in [6, 6.07) is 12.7. The number of nitrogens with zero attached hydrogens (tertiary/aromatic N) is 1. The maximum atomic E-state index is 12.9. The molecule has 0 unspecified atom stereocenters. The molecule has 2 amide bonds. The molecule has 0 aliphatic carbocycles. The minimum absolute atomic E-state index is 0.000346. The highest BCUT2D eigenvalue weighted by Crippen LogP contribution is 2.26. The molecule has 1 aliphatic heterocycles. The second kappa shape index (κ2) is 8.97. The van der Waals surface area contributed by atoms with Gasteiger partial charge in [0.1, 0.15) is 11.6 Å². The Balaban J connectivity index is 1.33. The Bertz CT molecular complexity index is 1180. The van der Waals surface area contributed by atoms with Gasteiger partial charge < -0.3 is 9.15 Å². The molecule has 32 heavy (non-hydrogen) atoms. The summed E-state index contributed by atoms with van der Waals surface area (Å²) in [5.41, 5.74) is 0.860. The first-order valence-corrected chi connectivity index (χ1v) is 9.92. The normalized spacial score (nSPS) is 12.7. The number of hydrogen-bond acceptors (Lipinski definition) is 6. The molecule has 0 saturated heterocycles. The van der Waals surface area contributed by atoms with Gasteiger partial charge in [0, 0.05) is 12.0 Å². The fourth-order valence-electron chi connectivity index (χ4n) is 3.38. The van der Waals surface area contributed by atoms with Crippen LogP contribution in [0.3, 0.4) is 0 Å². The van der Waals surface area contributed by atoms with Crippen molar-refractivity contribution in [2.45, 2.75) is 19.4 Å². The summed E-state index contributed by atoms with van der Waals surface area (Å²) in [6.45, 7) is 0.00155. The molecular weight excluding hydrogens is 417 g/mol. The lowest BCUT2D eigenvalue weighted by molar-refractivity contribution is 0.0493. The zero-order valence-corrected chi connectivity index (χ0v) is 16.9. The summed E-state index contributed by atoms with van der Waals surface area (Å²) in [5, 5.41) is 0. The van der Waals surface area contributed by atoms with E-state index in [2.05, 4.69) is 0 Å². The molecule has 3 aromatic rings.